The van der Waals surface area contributed by atoms with E-state index in [-0.39, 0.29) is 10.6 Å². The van der Waals surface area contributed by atoms with Crippen LogP contribution >= 0.6 is 0 Å². The van der Waals surface area contributed by atoms with E-state index in [1.807, 2.05) is 37.3 Å². The van der Waals surface area contributed by atoms with Crippen LogP contribution in [0, 0.1) is 17.0 Å². The van der Waals surface area contributed by atoms with E-state index in [1.54, 1.807) is 41.3 Å². The van der Waals surface area contributed by atoms with Crippen LogP contribution in [0.4, 0.5) is 11.4 Å². The SMILES string of the molecule is Cc1ccc(S(=O)(=O)[C@H]2N=CN(c3ccc([N+](=O)[O-])cc3)[C@@H]2c2ccccc2)cc1. The molecule has 0 spiro atoms. The van der Waals surface area contributed by atoms with Crippen molar-refractivity contribution in [3.8, 4) is 0 Å². The van der Waals surface area contributed by atoms with Crippen LogP contribution in [0.1, 0.15) is 17.2 Å². The summed E-state index contributed by atoms with van der Waals surface area (Å²) in [6, 6.07) is 21.4. The van der Waals surface area contributed by atoms with Gasteiger partial charge in [0.1, 0.15) is 0 Å². The van der Waals surface area contributed by atoms with Gasteiger partial charge in [-0.3, -0.25) is 15.1 Å². The second-order valence-electron chi connectivity index (χ2n) is 7.05. The van der Waals surface area contributed by atoms with E-state index < -0.39 is 26.2 Å². The molecule has 7 nitrogen and oxygen atoms in total. The molecule has 2 atom stereocenters. The Balaban J connectivity index is 1.77. The molecular weight excluding hydrogens is 402 g/mol. The van der Waals surface area contributed by atoms with Gasteiger partial charge in [0.05, 0.1) is 22.2 Å². The van der Waals surface area contributed by atoms with E-state index >= 15 is 0 Å². The minimum absolute atomic E-state index is 0.0324. The van der Waals surface area contributed by atoms with E-state index in [9.17, 15) is 18.5 Å². The zero-order valence-electron chi connectivity index (χ0n) is 16.1. The minimum atomic E-state index is -3.76. The second kappa shape index (κ2) is 7.72. The number of hydrogen-bond acceptors (Lipinski definition) is 6. The van der Waals surface area contributed by atoms with Crippen LogP contribution in [0.2, 0.25) is 0 Å². The Labute approximate surface area is 174 Å². The Morgan fingerprint density at radius 3 is 2.17 bits per heavy atom. The number of rotatable bonds is 5. The Morgan fingerprint density at radius 2 is 1.57 bits per heavy atom. The number of aryl methyl sites for hydroxylation is 1. The van der Waals surface area contributed by atoms with Crippen LogP contribution < -0.4 is 4.90 Å². The third kappa shape index (κ3) is 3.57. The third-order valence-corrected chi connectivity index (χ3v) is 7.02. The van der Waals surface area contributed by atoms with Crippen LogP contribution in [-0.4, -0.2) is 25.1 Å². The molecule has 1 aliphatic rings. The first-order valence-electron chi connectivity index (χ1n) is 9.29. The maximum absolute atomic E-state index is 13.4. The van der Waals surface area contributed by atoms with Gasteiger partial charge < -0.3 is 4.90 Å². The molecule has 4 rings (SSSR count). The Hall–Kier alpha value is -3.52. The van der Waals surface area contributed by atoms with Gasteiger partial charge in [0, 0.05) is 17.8 Å². The summed E-state index contributed by atoms with van der Waals surface area (Å²) < 4.78 is 26.8. The highest BCUT2D eigenvalue weighted by molar-refractivity contribution is 7.92. The monoisotopic (exact) mass is 421 g/mol. The first-order chi connectivity index (χ1) is 14.4. The maximum Gasteiger partial charge on any atom is 0.269 e. The van der Waals surface area contributed by atoms with Gasteiger partial charge in [-0.1, -0.05) is 48.0 Å². The van der Waals surface area contributed by atoms with Gasteiger partial charge in [-0.15, -0.1) is 0 Å². The molecule has 1 heterocycles. The molecule has 8 heteroatoms. The number of nitrogens with zero attached hydrogens (tertiary/aromatic N) is 3. The fraction of sp³-hybridized carbons (Fsp3) is 0.136. The average Bonchev–Trinajstić information content (AvgIpc) is 3.21. The highest BCUT2D eigenvalue weighted by Crippen LogP contribution is 2.39. The summed E-state index contributed by atoms with van der Waals surface area (Å²) in [5.74, 6) is 0. The molecule has 0 radical (unpaired) electrons. The molecule has 30 heavy (non-hydrogen) atoms. The van der Waals surface area contributed by atoms with Gasteiger partial charge in [-0.25, -0.2) is 8.42 Å². The summed E-state index contributed by atoms with van der Waals surface area (Å²) in [4.78, 5) is 16.8. The fourth-order valence-electron chi connectivity index (χ4n) is 3.49. The number of nitro groups is 1. The third-order valence-electron chi connectivity index (χ3n) is 5.07. The maximum atomic E-state index is 13.4. The number of aliphatic imine (C=N–C) groups is 1. The first-order valence-corrected chi connectivity index (χ1v) is 10.8. The molecule has 0 N–H and O–H groups in total. The molecular formula is C22H19N3O4S. The summed E-state index contributed by atoms with van der Waals surface area (Å²) in [6.45, 7) is 1.90. The van der Waals surface area contributed by atoms with Crippen molar-refractivity contribution in [3.05, 3.63) is 100 Å². The molecule has 1 aliphatic heterocycles. The first kappa shape index (κ1) is 19.8. The van der Waals surface area contributed by atoms with Crippen molar-refractivity contribution < 1.29 is 13.3 Å². The Kier molecular flexibility index (Phi) is 5.09. The molecule has 0 fully saturated rings. The summed E-state index contributed by atoms with van der Waals surface area (Å²) >= 11 is 0. The lowest BCUT2D eigenvalue weighted by atomic mass is 10.1. The fourth-order valence-corrected chi connectivity index (χ4v) is 5.13. The van der Waals surface area contributed by atoms with Crippen LogP contribution in [-0.2, 0) is 9.84 Å². The molecule has 3 aromatic carbocycles. The van der Waals surface area contributed by atoms with Crippen molar-refractivity contribution in [2.45, 2.75) is 23.2 Å². The van der Waals surface area contributed by atoms with E-state index in [2.05, 4.69) is 4.99 Å². The van der Waals surface area contributed by atoms with Crippen molar-refractivity contribution in [1.82, 2.24) is 0 Å². The average molecular weight is 421 g/mol. The zero-order chi connectivity index (χ0) is 21.3. The lowest BCUT2D eigenvalue weighted by Crippen LogP contribution is -2.33. The second-order valence-corrected chi connectivity index (χ2v) is 9.09. The summed E-state index contributed by atoms with van der Waals surface area (Å²) in [5.41, 5.74) is 2.35. The number of nitro benzene ring substituents is 1. The number of hydrogen-bond donors (Lipinski definition) is 0. The predicted octanol–water partition coefficient (Wildman–Crippen LogP) is 4.29. The zero-order valence-corrected chi connectivity index (χ0v) is 16.9. The van der Waals surface area contributed by atoms with Crippen molar-refractivity contribution in [3.63, 3.8) is 0 Å². The lowest BCUT2D eigenvalue weighted by molar-refractivity contribution is -0.384. The van der Waals surface area contributed by atoms with Crippen molar-refractivity contribution >= 4 is 27.6 Å². The highest BCUT2D eigenvalue weighted by Gasteiger charge is 2.42. The standard InChI is InChI=1S/C22H19N3O4S/c1-16-7-13-20(14-8-16)30(28,29)22-21(17-5-3-2-4-6-17)24(15-23-22)18-9-11-19(12-10-18)25(26)27/h2-15,21-22H,1H3/t21-,22-/m1/s1. The van der Waals surface area contributed by atoms with Gasteiger partial charge in [-0.2, -0.15) is 0 Å². The van der Waals surface area contributed by atoms with E-state index in [0.717, 1.165) is 11.1 Å². The largest absolute Gasteiger partial charge is 0.322 e. The van der Waals surface area contributed by atoms with Gasteiger partial charge in [0.25, 0.3) is 5.69 Å². The molecule has 0 aliphatic carbocycles. The predicted molar refractivity (Wildman–Crippen MR) is 115 cm³/mol. The smallest absolute Gasteiger partial charge is 0.269 e. The Morgan fingerprint density at radius 1 is 0.933 bits per heavy atom. The quantitative estimate of drug-likeness (QED) is 0.452. The van der Waals surface area contributed by atoms with E-state index in [0.29, 0.717) is 5.69 Å². The van der Waals surface area contributed by atoms with Crippen molar-refractivity contribution in [2.75, 3.05) is 4.90 Å². The molecule has 3 aromatic rings. The van der Waals surface area contributed by atoms with E-state index in [4.69, 9.17) is 0 Å². The molecule has 0 amide bonds. The summed E-state index contributed by atoms with van der Waals surface area (Å²) in [5, 5.41) is 9.93. The normalized spacial score (nSPS) is 18.5. The highest BCUT2D eigenvalue weighted by atomic mass is 32.2. The molecule has 0 bridgehead atoms. The summed E-state index contributed by atoms with van der Waals surface area (Å²) in [6.07, 6.45) is 1.50. The van der Waals surface area contributed by atoms with Gasteiger partial charge >= 0.3 is 0 Å². The van der Waals surface area contributed by atoms with Crippen LogP contribution in [0.3, 0.4) is 0 Å². The van der Waals surface area contributed by atoms with E-state index in [1.165, 1.54) is 18.5 Å². The van der Waals surface area contributed by atoms with Crippen LogP contribution in [0.25, 0.3) is 0 Å². The molecule has 0 saturated heterocycles. The topological polar surface area (TPSA) is 92.9 Å². The Bertz CT molecular complexity index is 1190. The molecule has 0 unspecified atom stereocenters. The van der Waals surface area contributed by atoms with Gasteiger partial charge in [0.15, 0.2) is 5.37 Å². The minimum Gasteiger partial charge on any atom is -0.322 e. The number of benzene rings is 3. The number of sulfone groups is 1. The van der Waals surface area contributed by atoms with Gasteiger partial charge in [0.2, 0.25) is 9.84 Å². The van der Waals surface area contributed by atoms with Crippen LogP contribution in [0.5, 0.6) is 0 Å². The molecule has 0 saturated carbocycles. The van der Waals surface area contributed by atoms with Crippen molar-refractivity contribution in [1.29, 1.82) is 0 Å². The molecule has 0 aromatic heterocycles. The molecule has 152 valence electrons. The summed E-state index contributed by atoms with van der Waals surface area (Å²) in [7, 11) is -3.76. The van der Waals surface area contributed by atoms with Gasteiger partial charge in [-0.05, 0) is 36.8 Å². The number of non-ortho nitro benzene ring substituents is 1. The van der Waals surface area contributed by atoms with Crippen LogP contribution in [0.15, 0.2) is 88.8 Å². The number of anilines is 1. The van der Waals surface area contributed by atoms with Crippen molar-refractivity contribution in [2.24, 2.45) is 4.99 Å². The lowest BCUT2D eigenvalue weighted by Gasteiger charge is -2.28.